The molecule has 0 saturated heterocycles. The van der Waals surface area contributed by atoms with E-state index >= 15 is 0 Å². The molecule has 0 bridgehead atoms. The molecule has 0 amide bonds. The highest BCUT2D eigenvalue weighted by Gasteiger charge is 2.18. The molecule has 1 aromatic carbocycles. The Hall–Kier alpha value is -1.98. The van der Waals surface area contributed by atoms with Gasteiger partial charge in [0.05, 0.1) is 13.4 Å². The van der Waals surface area contributed by atoms with Crippen LogP contribution in [0.25, 0.3) is 21.9 Å². The van der Waals surface area contributed by atoms with E-state index in [-0.39, 0.29) is 12.4 Å². The Bertz CT molecular complexity index is 790. The number of halogens is 1. The molecule has 0 aliphatic carbocycles. The zero-order chi connectivity index (χ0) is 12.7. The van der Waals surface area contributed by atoms with Gasteiger partial charge in [0, 0.05) is 23.4 Å². The number of hydrogen-bond acceptors (Lipinski definition) is 5. The maximum atomic E-state index is 11.3. The molecule has 5 nitrogen and oxygen atoms in total. The molecule has 0 atom stereocenters. The van der Waals surface area contributed by atoms with Gasteiger partial charge in [0.2, 0.25) is 5.75 Å². The molecule has 3 aromatic rings. The summed E-state index contributed by atoms with van der Waals surface area (Å²) in [4.78, 5) is 11.3. The number of furan rings is 1. The molecule has 19 heavy (non-hydrogen) atoms. The predicted molar refractivity (Wildman–Crippen MR) is 73.9 cm³/mol. The number of nitrogens with two attached hydrogens (primary N) is 1. The van der Waals surface area contributed by atoms with Crippen LogP contribution in [0.3, 0.4) is 0 Å². The minimum absolute atomic E-state index is 0. The SMILES string of the molecule is COc1c2occc2c(CN)c2ccc(=O)oc12.Cl. The molecule has 100 valence electrons. The Morgan fingerprint density at radius 2 is 1.95 bits per heavy atom. The van der Waals surface area contributed by atoms with Crippen molar-refractivity contribution in [3.63, 3.8) is 0 Å². The van der Waals surface area contributed by atoms with Gasteiger partial charge in [-0.25, -0.2) is 4.79 Å². The number of ether oxygens (including phenoxy) is 1. The van der Waals surface area contributed by atoms with Crippen molar-refractivity contribution in [3.8, 4) is 5.75 Å². The number of methoxy groups -OCH3 is 1. The lowest BCUT2D eigenvalue weighted by atomic mass is 10.0. The van der Waals surface area contributed by atoms with E-state index in [9.17, 15) is 4.79 Å². The van der Waals surface area contributed by atoms with Crippen LogP contribution in [0.5, 0.6) is 5.75 Å². The van der Waals surface area contributed by atoms with Crippen LogP contribution in [-0.2, 0) is 6.54 Å². The molecule has 0 spiro atoms. The Balaban J connectivity index is 0.00000133. The summed E-state index contributed by atoms with van der Waals surface area (Å²) in [5.74, 6) is 0.417. The van der Waals surface area contributed by atoms with Crippen LogP contribution < -0.4 is 16.1 Å². The lowest BCUT2D eigenvalue weighted by Crippen LogP contribution is -2.02. The Morgan fingerprint density at radius 1 is 1.21 bits per heavy atom. The van der Waals surface area contributed by atoms with Crippen molar-refractivity contribution in [3.05, 3.63) is 40.4 Å². The topological polar surface area (TPSA) is 78.6 Å². The van der Waals surface area contributed by atoms with Gasteiger partial charge in [-0.15, -0.1) is 12.4 Å². The van der Waals surface area contributed by atoms with Crippen LogP contribution in [0.2, 0.25) is 0 Å². The molecule has 2 aromatic heterocycles. The zero-order valence-electron chi connectivity index (χ0n) is 10.1. The molecule has 0 radical (unpaired) electrons. The number of fused-ring (bicyclic) bond motifs is 2. The van der Waals surface area contributed by atoms with E-state index in [4.69, 9.17) is 19.3 Å². The van der Waals surface area contributed by atoms with Crippen LogP contribution in [0.1, 0.15) is 5.56 Å². The quantitative estimate of drug-likeness (QED) is 0.730. The first-order chi connectivity index (χ1) is 8.76. The van der Waals surface area contributed by atoms with Crippen LogP contribution in [0.15, 0.2) is 38.1 Å². The van der Waals surface area contributed by atoms with Gasteiger partial charge in [-0.1, -0.05) is 0 Å². The Morgan fingerprint density at radius 3 is 2.63 bits per heavy atom. The molecule has 6 heteroatoms. The Labute approximate surface area is 114 Å². The Kier molecular flexibility index (Phi) is 3.50. The molecule has 0 aliphatic heterocycles. The van der Waals surface area contributed by atoms with Crippen LogP contribution in [0, 0.1) is 0 Å². The van der Waals surface area contributed by atoms with E-state index in [2.05, 4.69) is 0 Å². The molecule has 2 N–H and O–H groups in total. The van der Waals surface area contributed by atoms with E-state index in [0.717, 1.165) is 16.3 Å². The smallest absolute Gasteiger partial charge is 0.336 e. The third-order valence-corrected chi connectivity index (χ3v) is 2.97. The standard InChI is InChI=1S/C13H11NO4.ClH/c1-16-13-11-8(4-5-17-11)9(6-14)7-2-3-10(15)18-12(7)13;/h2-5H,6,14H2,1H3;1H. The van der Waals surface area contributed by atoms with Crippen LogP contribution >= 0.6 is 12.4 Å². The first kappa shape index (κ1) is 13.5. The lowest BCUT2D eigenvalue weighted by molar-refractivity contribution is 0.402. The summed E-state index contributed by atoms with van der Waals surface area (Å²) in [6, 6.07) is 4.88. The normalized spacial score (nSPS) is 10.6. The van der Waals surface area contributed by atoms with E-state index in [1.54, 1.807) is 12.3 Å². The average molecular weight is 282 g/mol. The third-order valence-electron chi connectivity index (χ3n) is 2.97. The maximum Gasteiger partial charge on any atom is 0.336 e. The van der Waals surface area contributed by atoms with Gasteiger partial charge < -0.3 is 19.3 Å². The van der Waals surface area contributed by atoms with Crippen molar-refractivity contribution in [2.75, 3.05) is 7.11 Å². The fourth-order valence-electron chi connectivity index (χ4n) is 2.20. The van der Waals surface area contributed by atoms with Gasteiger partial charge in [-0.3, -0.25) is 0 Å². The molecule has 2 heterocycles. The number of rotatable bonds is 2. The third kappa shape index (κ3) is 1.87. The average Bonchev–Trinajstić information content (AvgIpc) is 2.84. The van der Waals surface area contributed by atoms with E-state index in [0.29, 0.717) is 23.5 Å². The molecule has 3 rings (SSSR count). The minimum atomic E-state index is -0.435. The molecule has 0 unspecified atom stereocenters. The summed E-state index contributed by atoms with van der Waals surface area (Å²) in [5.41, 5.74) is 7.12. The van der Waals surface area contributed by atoms with Gasteiger partial charge in [0.1, 0.15) is 0 Å². The molecular formula is C13H12ClNO4. The summed E-state index contributed by atoms with van der Waals surface area (Å²) in [6.45, 7) is 0.324. The van der Waals surface area contributed by atoms with Crippen molar-refractivity contribution in [1.82, 2.24) is 0 Å². The van der Waals surface area contributed by atoms with Gasteiger partial charge in [-0.2, -0.15) is 0 Å². The predicted octanol–water partition coefficient (Wildman–Crippen LogP) is 2.43. The lowest BCUT2D eigenvalue weighted by Gasteiger charge is -2.09. The van der Waals surface area contributed by atoms with Crippen LogP contribution in [-0.4, -0.2) is 7.11 Å². The summed E-state index contributed by atoms with van der Waals surface area (Å²) < 4.78 is 15.9. The number of hydrogen-bond donors (Lipinski definition) is 1. The van der Waals surface area contributed by atoms with Crippen molar-refractivity contribution in [2.45, 2.75) is 6.54 Å². The first-order valence-corrected chi connectivity index (χ1v) is 5.46. The maximum absolute atomic E-state index is 11.3. The summed E-state index contributed by atoms with van der Waals surface area (Å²) >= 11 is 0. The van der Waals surface area contributed by atoms with Crippen molar-refractivity contribution < 1.29 is 13.6 Å². The molecule has 0 saturated carbocycles. The fourth-order valence-corrected chi connectivity index (χ4v) is 2.20. The van der Waals surface area contributed by atoms with Gasteiger partial charge in [-0.05, 0) is 17.7 Å². The molecule has 0 fully saturated rings. The summed E-state index contributed by atoms with van der Waals surface area (Å²) in [5, 5.41) is 1.64. The number of benzene rings is 1. The second-order valence-corrected chi connectivity index (χ2v) is 3.88. The summed E-state index contributed by atoms with van der Waals surface area (Å²) in [6.07, 6.45) is 1.56. The highest BCUT2D eigenvalue weighted by atomic mass is 35.5. The minimum Gasteiger partial charge on any atom is -0.490 e. The van der Waals surface area contributed by atoms with E-state index in [1.165, 1.54) is 13.2 Å². The first-order valence-electron chi connectivity index (χ1n) is 5.46. The highest BCUT2D eigenvalue weighted by molar-refractivity contribution is 6.03. The van der Waals surface area contributed by atoms with Crippen molar-refractivity contribution in [1.29, 1.82) is 0 Å². The van der Waals surface area contributed by atoms with Gasteiger partial charge in [0.25, 0.3) is 0 Å². The summed E-state index contributed by atoms with van der Waals surface area (Å²) in [7, 11) is 1.51. The fraction of sp³-hybridized carbons (Fsp3) is 0.154. The van der Waals surface area contributed by atoms with Crippen LogP contribution in [0.4, 0.5) is 0 Å². The van der Waals surface area contributed by atoms with Crippen molar-refractivity contribution >= 4 is 34.3 Å². The van der Waals surface area contributed by atoms with Gasteiger partial charge >= 0.3 is 5.63 Å². The second kappa shape index (κ2) is 4.95. The molecular weight excluding hydrogens is 270 g/mol. The van der Waals surface area contributed by atoms with E-state index < -0.39 is 5.63 Å². The van der Waals surface area contributed by atoms with E-state index in [1.807, 2.05) is 6.07 Å². The van der Waals surface area contributed by atoms with Crippen molar-refractivity contribution in [2.24, 2.45) is 5.73 Å². The second-order valence-electron chi connectivity index (χ2n) is 3.88. The monoisotopic (exact) mass is 281 g/mol. The highest BCUT2D eigenvalue weighted by Crippen LogP contribution is 2.37. The zero-order valence-corrected chi connectivity index (χ0v) is 11.0. The molecule has 0 aliphatic rings. The largest absolute Gasteiger partial charge is 0.490 e. The van der Waals surface area contributed by atoms with Gasteiger partial charge in [0.15, 0.2) is 11.2 Å².